The second-order valence-corrected chi connectivity index (χ2v) is 2.24. The van der Waals surface area contributed by atoms with Gasteiger partial charge < -0.3 is 9.72 Å². The van der Waals surface area contributed by atoms with Gasteiger partial charge in [-0.3, -0.25) is 0 Å². The molecule has 0 N–H and O–H groups in total. The number of nitrogens with zero attached hydrogens (tertiary/aromatic N) is 1. The summed E-state index contributed by atoms with van der Waals surface area (Å²) in [4.78, 5) is 3.95. The second-order valence-electron chi connectivity index (χ2n) is 2.24. The molecule has 0 aliphatic carbocycles. The molecule has 0 saturated heterocycles. The van der Waals surface area contributed by atoms with Crippen molar-refractivity contribution in [3.63, 3.8) is 0 Å². The fourth-order valence-electron chi connectivity index (χ4n) is 0.853. The van der Waals surface area contributed by atoms with Crippen molar-refractivity contribution in [3.8, 4) is 5.88 Å². The van der Waals surface area contributed by atoms with Gasteiger partial charge in [0.2, 0.25) is 0 Å². The molecule has 1 aromatic rings. The maximum absolute atomic E-state index is 4.96. The van der Waals surface area contributed by atoms with Crippen LogP contribution in [0.5, 0.6) is 5.88 Å². The number of methoxy groups -OCH3 is 1. The quantitative estimate of drug-likeness (QED) is 0.732. The van der Waals surface area contributed by atoms with Crippen LogP contribution in [0.4, 0.5) is 0 Å². The predicted molar refractivity (Wildman–Crippen MR) is 39.1 cm³/mol. The van der Waals surface area contributed by atoms with E-state index in [9.17, 15) is 0 Å². The molecule has 0 aromatic carbocycles. The Hall–Kier alpha value is -0.362. The van der Waals surface area contributed by atoms with E-state index < -0.39 is 0 Å². The van der Waals surface area contributed by atoms with Gasteiger partial charge in [-0.25, -0.2) is 0 Å². The van der Waals surface area contributed by atoms with E-state index in [4.69, 9.17) is 4.74 Å². The van der Waals surface area contributed by atoms with Crippen LogP contribution in [0, 0.1) is 20.0 Å². The molecule has 2 nitrogen and oxygen atoms in total. The molecule has 58 valence electrons. The Bertz CT molecular complexity index is 238. The van der Waals surface area contributed by atoms with Gasteiger partial charge in [-0.15, -0.1) is 11.1 Å². The van der Waals surface area contributed by atoms with Gasteiger partial charge in [0.05, 0.1) is 13.0 Å². The van der Waals surface area contributed by atoms with Crippen LogP contribution in [0.15, 0.2) is 6.07 Å². The van der Waals surface area contributed by atoms with Gasteiger partial charge in [0.25, 0.3) is 0 Å². The van der Waals surface area contributed by atoms with Gasteiger partial charge >= 0.3 is 21.1 Å². The van der Waals surface area contributed by atoms with Crippen molar-refractivity contribution in [1.82, 2.24) is 4.98 Å². The minimum Gasteiger partial charge on any atom is -0.537 e. The molecule has 0 spiro atoms. The number of pyridine rings is 1. The van der Waals surface area contributed by atoms with Crippen LogP contribution in [0.3, 0.4) is 0 Å². The zero-order chi connectivity index (χ0) is 7.56. The SMILES string of the molecule is COc1n[c-]c(C)cc1C.[W+2]. The Kier molecular flexibility index (Phi) is 4.35. The Labute approximate surface area is 81.2 Å². The van der Waals surface area contributed by atoms with E-state index in [0.717, 1.165) is 11.1 Å². The van der Waals surface area contributed by atoms with Gasteiger partial charge in [-0.1, -0.05) is 20.0 Å². The van der Waals surface area contributed by atoms with Crippen LogP contribution in [0.25, 0.3) is 0 Å². The Balaban J connectivity index is 0.000001000. The average molecular weight is 320 g/mol. The predicted octanol–water partition coefficient (Wildman–Crippen LogP) is 1.50. The summed E-state index contributed by atoms with van der Waals surface area (Å²) in [6.45, 7) is 3.92. The molecular formula is C8H10NOW+. The molecule has 1 rings (SSSR count). The third kappa shape index (κ3) is 2.62. The van der Waals surface area contributed by atoms with E-state index in [0.29, 0.717) is 5.88 Å². The summed E-state index contributed by atoms with van der Waals surface area (Å²) < 4.78 is 4.96. The molecule has 0 saturated carbocycles. The second kappa shape index (κ2) is 4.50. The fourth-order valence-corrected chi connectivity index (χ4v) is 0.853. The van der Waals surface area contributed by atoms with Gasteiger partial charge in [0.15, 0.2) is 0 Å². The molecule has 0 unspecified atom stereocenters. The molecule has 0 aliphatic heterocycles. The van der Waals surface area contributed by atoms with Gasteiger partial charge in [0.1, 0.15) is 0 Å². The van der Waals surface area contributed by atoms with Gasteiger partial charge in [-0.05, 0) is 0 Å². The van der Waals surface area contributed by atoms with Crippen molar-refractivity contribution in [3.05, 3.63) is 23.4 Å². The van der Waals surface area contributed by atoms with Crippen molar-refractivity contribution >= 4 is 0 Å². The number of ether oxygens (including phenoxy) is 1. The molecule has 0 fully saturated rings. The van der Waals surface area contributed by atoms with E-state index in [2.05, 4.69) is 11.2 Å². The maximum atomic E-state index is 4.96. The monoisotopic (exact) mass is 320 g/mol. The first kappa shape index (κ1) is 10.6. The fraction of sp³-hybridized carbons (Fsp3) is 0.375. The number of aryl methyl sites for hydroxylation is 2. The van der Waals surface area contributed by atoms with E-state index in [-0.39, 0.29) is 21.1 Å². The first-order valence-corrected chi connectivity index (χ1v) is 3.14. The first-order chi connectivity index (χ1) is 4.74. The summed E-state index contributed by atoms with van der Waals surface area (Å²) in [5, 5.41) is 0. The van der Waals surface area contributed by atoms with Gasteiger partial charge in [0, 0.05) is 0 Å². The van der Waals surface area contributed by atoms with E-state index >= 15 is 0 Å². The molecule has 1 aromatic heterocycles. The molecule has 0 bridgehead atoms. The number of hydrogen-bond acceptors (Lipinski definition) is 2. The normalized spacial score (nSPS) is 8.64. The topological polar surface area (TPSA) is 22.1 Å². The van der Waals surface area contributed by atoms with E-state index in [1.165, 1.54) is 0 Å². The van der Waals surface area contributed by atoms with Crippen molar-refractivity contribution < 1.29 is 25.8 Å². The largest absolute Gasteiger partial charge is 2.00 e. The average Bonchev–Trinajstić information content (AvgIpc) is 1.88. The molecule has 11 heavy (non-hydrogen) atoms. The van der Waals surface area contributed by atoms with Crippen LogP contribution < -0.4 is 4.74 Å². The number of rotatable bonds is 1. The third-order valence-electron chi connectivity index (χ3n) is 1.30. The van der Waals surface area contributed by atoms with E-state index in [1.54, 1.807) is 7.11 Å². The zero-order valence-electron chi connectivity index (χ0n) is 6.84. The Morgan fingerprint density at radius 1 is 1.45 bits per heavy atom. The smallest absolute Gasteiger partial charge is 0.537 e. The molecular weight excluding hydrogens is 310 g/mol. The maximum Gasteiger partial charge on any atom is 2.00 e. The summed E-state index contributed by atoms with van der Waals surface area (Å²) in [6.07, 6.45) is 2.82. The summed E-state index contributed by atoms with van der Waals surface area (Å²) in [7, 11) is 1.61. The third-order valence-corrected chi connectivity index (χ3v) is 1.30. The Morgan fingerprint density at radius 2 is 2.09 bits per heavy atom. The molecule has 0 radical (unpaired) electrons. The van der Waals surface area contributed by atoms with Crippen LogP contribution in [0.1, 0.15) is 11.1 Å². The standard InChI is InChI=1S/C8H10NO.W/c1-6-4-7(2)8(10-3)9-5-6;/h4H,1-3H3;/q-1;+2. The summed E-state index contributed by atoms with van der Waals surface area (Å²) in [5.74, 6) is 0.658. The minimum atomic E-state index is 0. The number of hydrogen-bond donors (Lipinski definition) is 0. The summed E-state index contributed by atoms with van der Waals surface area (Å²) in [5.41, 5.74) is 2.09. The van der Waals surface area contributed by atoms with Crippen molar-refractivity contribution in [2.75, 3.05) is 7.11 Å². The zero-order valence-corrected chi connectivity index (χ0v) is 9.77. The molecule has 0 aliphatic rings. The molecule has 3 heteroatoms. The van der Waals surface area contributed by atoms with Crippen LogP contribution in [-0.4, -0.2) is 12.1 Å². The van der Waals surface area contributed by atoms with Crippen molar-refractivity contribution in [2.24, 2.45) is 0 Å². The summed E-state index contributed by atoms with van der Waals surface area (Å²) >= 11 is 0. The van der Waals surface area contributed by atoms with Crippen LogP contribution >= 0.6 is 0 Å². The number of aromatic nitrogens is 1. The summed E-state index contributed by atoms with van der Waals surface area (Å²) in [6, 6.07) is 1.99. The first-order valence-electron chi connectivity index (χ1n) is 3.14. The molecule has 1 heterocycles. The molecule has 0 atom stereocenters. The van der Waals surface area contributed by atoms with Crippen molar-refractivity contribution in [2.45, 2.75) is 13.8 Å². The van der Waals surface area contributed by atoms with Crippen LogP contribution in [0.2, 0.25) is 0 Å². The molecule has 0 amide bonds. The minimum absolute atomic E-state index is 0. The van der Waals surface area contributed by atoms with E-state index in [1.807, 2.05) is 19.9 Å². The Morgan fingerprint density at radius 3 is 2.55 bits per heavy atom. The van der Waals surface area contributed by atoms with Gasteiger partial charge in [-0.2, -0.15) is 6.07 Å². The van der Waals surface area contributed by atoms with Crippen LogP contribution in [-0.2, 0) is 21.1 Å². The van der Waals surface area contributed by atoms with Crippen molar-refractivity contribution in [1.29, 1.82) is 0 Å².